The van der Waals surface area contributed by atoms with Gasteiger partial charge in [-0.3, -0.25) is 0 Å². The molecule has 14 heavy (non-hydrogen) atoms. The zero-order valence-electron chi connectivity index (χ0n) is 8.17. The molecule has 0 aromatic heterocycles. The van der Waals surface area contributed by atoms with Gasteiger partial charge in [0.1, 0.15) is 5.82 Å². The summed E-state index contributed by atoms with van der Waals surface area (Å²) in [6, 6.07) is 6.63. The van der Waals surface area contributed by atoms with Crippen molar-refractivity contribution in [2.75, 3.05) is 13.7 Å². The second-order valence-corrected chi connectivity index (χ2v) is 4.51. The maximum Gasteiger partial charge on any atom is 0.123 e. The Morgan fingerprint density at radius 3 is 2.57 bits per heavy atom. The Kier molecular flexibility index (Phi) is 5.12. The zero-order valence-corrected chi connectivity index (χ0v) is 9.76. The first-order chi connectivity index (χ1) is 6.72. The van der Waals surface area contributed by atoms with E-state index in [4.69, 9.17) is 4.74 Å². The number of hydrogen-bond acceptors (Lipinski definition) is 1. The predicted octanol–water partition coefficient (Wildman–Crippen LogP) is 3.17. The quantitative estimate of drug-likeness (QED) is 0.740. The highest BCUT2D eigenvalue weighted by Crippen LogP contribution is 2.11. The molecule has 0 heterocycles. The highest BCUT2D eigenvalue weighted by molar-refractivity contribution is 9.09. The maximum absolute atomic E-state index is 12.6. The Hall–Kier alpha value is -0.410. The van der Waals surface area contributed by atoms with Crippen LogP contribution in [0, 0.1) is 5.82 Å². The highest BCUT2D eigenvalue weighted by Gasteiger charge is 2.03. The van der Waals surface area contributed by atoms with Crippen molar-refractivity contribution >= 4 is 15.9 Å². The average molecular weight is 261 g/mol. The van der Waals surface area contributed by atoms with Gasteiger partial charge in [-0.15, -0.1) is 0 Å². The SMILES string of the molecule is COCC(Br)CCc1ccc(F)cc1. The molecule has 0 radical (unpaired) electrons. The molecule has 0 bridgehead atoms. The Morgan fingerprint density at radius 2 is 2.00 bits per heavy atom. The summed E-state index contributed by atoms with van der Waals surface area (Å²) in [6.45, 7) is 0.710. The van der Waals surface area contributed by atoms with Crippen LogP contribution in [0.5, 0.6) is 0 Å². The molecule has 1 aromatic carbocycles. The molecule has 0 fully saturated rings. The number of ether oxygens (including phenoxy) is 1. The summed E-state index contributed by atoms with van der Waals surface area (Å²) in [5, 5.41) is 0. The van der Waals surface area contributed by atoms with Gasteiger partial charge in [0.05, 0.1) is 6.61 Å². The minimum Gasteiger partial charge on any atom is -0.384 e. The molecule has 0 aliphatic rings. The third kappa shape index (κ3) is 4.20. The topological polar surface area (TPSA) is 9.23 Å². The van der Waals surface area contributed by atoms with Crippen LogP contribution in [-0.4, -0.2) is 18.5 Å². The summed E-state index contributed by atoms with van der Waals surface area (Å²) in [5.74, 6) is -0.180. The number of benzene rings is 1. The van der Waals surface area contributed by atoms with Crippen LogP contribution in [0.1, 0.15) is 12.0 Å². The lowest BCUT2D eigenvalue weighted by atomic mass is 10.1. The van der Waals surface area contributed by atoms with Crippen molar-refractivity contribution in [1.82, 2.24) is 0 Å². The van der Waals surface area contributed by atoms with Gasteiger partial charge in [0.25, 0.3) is 0 Å². The van der Waals surface area contributed by atoms with E-state index in [-0.39, 0.29) is 5.82 Å². The minimum atomic E-state index is -0.180. The van der Waals surface area contributed by atoms with Gasteiger partial charge in [0, 0.05) is 11.9 Å². The molecule has 1 unspecified atom stereocenters. The minimum absolute atomic E-state index is 0.180. The molecule has 0 saturated heterocycles. The van der Waals surface area contributed by atoms with Crippen molar-refractivity contribution in [1.29, 1.82) is 0 Å². The van der Waals surface area contributed by atoms with Gasteiger partial charge in [-0.05, 0) is 30.5 Å². The fourth-order valence-corrected chi connectivity index (χ4v) is 1.73. The smallest absolute Gasteiger partial charge is 0.123 e. The van der Waals surface area contributed by atoms with E-state index in [1.165, 1.54) is 12.1 Å². The van der Waals surface area contributed by atoms with Crippen molar-refractivity contribution in [2.45, 2.75) is 17.7 Å². The number of rotatable bonds is 5. The Bertz CT molecular complexity index is 260. The molecule has 0 amide bonds. The number of aryl methyl sites for hydroxylation is 1. The summed E-state index contributed by atoms with van der Waals surface area (Å²) in [4.78, 5) is 0.373. The first-order valence-corrected chi connectivity index (χ1v) is 5.51. The molecule has 1 aromatic rings. The van der Waals surface area contributed by atoms with Crippen molar-refractivity contribution in [3.63, 3.8) is 0 Å². The molecule has 1 rings (SSSR count). The van der Waals surface area contributed by atoms with Gasteiger partial charge in [0.15, 0.2) is 0 Å². The third-order valence-corrected chi connectivity index (χ3v) is 2.73. The van der Waals surface area contributed by atoms with Crippen LogP contribution in [0.3, 0.4) is 0 Å². The first-order valence-electron chi connectivity index (χ1n) is 4.60. The van der Waals surface area contributed by atoms with E-state index in [0.29, 0.717) is 11.4 Å². The zero-order chi connectivity index (χ0) is 10.4. The van der Waals surface area contributed by atoms with E-state index >= 15 is 0 Å². The second kappa shape index (κ2) is 6.14. The molecule has 0 spiro atoms. The van der Waals surface area contributed by atoms with Crippen LogP contribution in [0.25, 0.3) is 0 Å². The normalized spacial score (nSPS) is 12.8. The van der Waals surface area contributed by atoms with Crippen molar-refractivity contribution in [3.8, 4) is 0 Å². The first kappa shape index (κ1) is 11.7. The van der Waals surface area contributed by atoms with Crippen molar-refractivity contribution in [2.24, 2.45) is 0 Å². The standard InChI is InChI=1S/C11H14BrFO/c1-14-8-10(12)5-2-9-3-6-11(13)7-4-9/h3-4,6-7,10H,2,5,8H2,1H3. The molecule has 1 atom stereocenters. The summed E-state index contributed by atoms with van der Waals surface area (Å²) in [7, 11) is 1.69. The largest absolute Gasteiger partial charge is 0.384 e. The van der Waals surface area contributed by atoms with Crippen LogP contribution in [0.15, 0.2) is 24.3 Å². The molecule has 0 aliphatic carbocycles. The fourth-order valence-electron chi connectivity index (χ4n) is 1.24. The van der Waals surface area contributed by atoms with Gasteiger partial charge in [-0.25, -0.2) is 4.39 Å². The van der Waals surface area contributed by atoms with Crippen molar-refractivity contribution < 1.29 is 9.13 Å². The van der Waals surface area contributed by atoms with Gasteiger partial charge in [-0.1, -0.05) is 28.1 Å². The molecule has 1 nitrogen and oxygen atoms in total. The summed E-state index contributed by atoms with van der Waals surface area (Å²) >= 11 is 3.51. The summed E-state index contributed by atoms with van der Waals surface area (Å²) < 4.78 is 17.6. The Morgan fingerprint density at radius 1 is 1.36 bits per heavy atom. The number of alkyl halides is 1. The van der Waals surface area contributed by atoms with Crippen LogP contribution in [0.4, 0.5) is 4.39 Å². The third-order valence-electron chi connectivity index (χ3n) is 2.01. The molecular weight excluding hydrogens is 247 g/mol. The van der Waals surface area contributed by atoms with Crippen LogP contribution < -0.4 is 0 Å². The van der Waals surface area contributed by atoms with Gasteiger partial charge in [-0.2, -0.15) is 0 Å². The molecule has 0 saturated carbocycles. The Labute approximate surface area is 92.4 Å². The van der Waals surface area contributed by atoms with Gasteiger partial charge < -0.3 is 4.74 Å². The van der Waals surface area contributed by atoms with E-state index in [1.54, 1.807) is 7.11 Å². The van der Waals surface area contributed by atoms with E-state index in [9.17, 15) is 4.39 Å². The number of hydrogen-bond donors (Lipinski definition) is 0. The van der Waals surface area contributed by atoms with Crippen LogP contribution in [0.2, 0.25) is 0 Å². The van der Waals surface area contributed by atoms with E-state index in [0.717, 1.165) is 18.4 Å². The lowest BCUT2D eigenvalue weighted by molar-refractivity contribution is 0.198. The highest BCUT2D eigenvalue weighted by atomic mass is 79.9. The second-order valence-electron chi connectivity index (χ2n) is 3.22. The summed E-state index contributed by atoms with van der Waals surface area (Å²) in [5.41, 5.74) is 1.16. The van der Waals surface area contributed by atoms with E-state index in [1.807, 2.05) is 12.1 Å². The van der Waals surface area contributed by atoms with E-state index < -0.39 is 0 Å². The molecular formula is C11H14BrFO. The van der Waals surface area contributed by atoms with Gasteiger partial charge in [0.2, 0.25) is 0 Å². The number of halogens is 2. The number of methoxy groups -OCH3 is 1. The molecule has 0 aliphatic heterocycles. The lowest BCUT2D eigenvalue weighted by Crippen LogP contribution is -2.07. The monoisotopic (exact) mass is 260 g/mol. The van der Waals surface area contributed by atoms with E-state index in [2.05, 4.69) is 15.9 Å². The van der Waals surface area contributed by atoms with Crippen molar-refractivity contribution in [3.05, 3.63) is 35.6 Å². The molecule has 0 N–H and O–H groups in total. The van der Waals surface area contributed by atoms with Crippen LogP contribution in [-0.2, 0) is 11.2 Å². The molecule has 78 valence electrons. The molecule has 3 heteroatoms. The van der Waals surface area contributed by atoms with Crippen LogP contribution >= 0.6 is 15.9 Å². The predicted molar refractivity (Wildman–Crippen MR) is 59.3 cm³/mol. The lowest BCUT2D eigenvalue weighted by Gasteiger charge is -2.07. The fraction of sp³-hybridized carbons (Fsp3) is 0.455. The van der Waals surface area contributed by atoms with Gasteiger partial charge >= 0.3 is 0 Å². The summed E-state index contributed by atoms with van der Waals surface area (Å²) in [6.07, 6.45) is 1.94. The maximum atomic E-state index is 12.6. The Balaban J connectivity index is 2.34. The average Bonchev–Trinajstić information content (AvgIpc) is 2.17.